The molecule has 4 nitrogen and oxygen atoms in total. The third-order valence-electron chi connectivity index (χ3n) is 4.06. The Bertz CT molecular complexity index is 932. The molecule has 25 heavy (non-hydrogen) atoms. The highest BCUT2D eigenvalue weighted by Gasteiger charge is 2.21. The fourth-order valence-corrected chi connectivity index (χ4v) is 4.82. The number of benzene rings is 2. The minimum absolute atomic E-state index is 0.127. The molecule has 0 radical (unpaired) electrons. The Morgan fingerprint density at radius 3 is 2.64 bits per heavy atom. The molecule has 0 fully saturated rings. The van der Waals surface area contributed by atoms with Crippen LogP contribution in [0.15, 0.2) is 53.4 Å². The summed E-state index contributed by atoms with van der Waals surface area (Å²) in [5.41, 5.74) is 3.85. The second-order valence-electron chi connectivity index (χ2n) is 5.97. The largest absolute Gasteiger partial charge is 0.378 e. The Morgan fingerprint density at radius 2 is 1.88 bits per heavy atom. The first-order chi connectivity index (χ1) is 12.1. The summed E-state index contributed by atoms with van der Waals surface area (Å²) in [7, 11) is 3.95. The lowest BCUT2D eigenvalue weighted by molar-refractivity contribution is 0.102. The molecule has 0 spiro atoms. The van der Waals surface area contributed by atoms with Crippen LogP contribution in [0.5, 0.6) is 0 Å². The van der Waals surface area contributed by atoms with Crippen molar-refractivity contribution in [1.29, 1.82) is 0 Å². The van der Waals surface area contributed by atoms with Crippen molar-refractivity contribution >= 4 is 39.8 Å². The number of thiazole rings is 1. The van der Waals surface area contributed by atoms with Crippen LogP contribution in [0.3, 0.4) is 0 Å². The lowest BCUT2D eigenvalue weighted by atomic mass is 10.1. The lowest BCUT2D eigenvalue weighted by Gasteiger charge is -2.13. The Balaban J connectivity index is 1.56. The number of anilines is 2. The molecule has 0 unspecified atom stereocenters. The van der Waals surface area contributed by atoms with Gasteiger partial charge in [0.05, 0.1) is 5.69 Å². The van der Waals surface area contributed by atoms with Crippen LogP contribution >= 0.6 is 23.1 Å². The zero-order chi connectivity index (χ0) is 17.4. The van der Waals surface area contributed by atoms with Gasteiger partial charge in [-0.25, -0.2) is 4.98 Å². The molecule has 1 N–H and O–H groups in total. The van der Waals surface area contributed by atoms with Crippen LogP contribution in [0.25, 0.3) is 11.3 Å². The van der Waals surface area contributed by atoms with Crippen molar-refractivity contribution in [1.82, 2.24) is 4.98 Å². The number of carbonyl (C=O) groups is 1. The molecule has 0 atom stereocenters. The van der Waals surface area contributed by atoms with E-state index in [0.29, 0.717) is 10.7 Å². The number of hydrogen-bond donors (Lipinski definition) is 1. The van der Waals surface area contributed by atoms with Gasteiger partial charge in [-0.3, -0.25) is 10.1 Å². The van der Waals surface area contributed by atoms with E-state index in [2.05, 4.69) is 22.4 Å². The molecule has 0 saturated heterocycles. The Labute approximate surface area is 154 Å². The number of rotatable bonds is 3. The number of fused-ring (bicyclic) bond motifs is 3. The van der Waals surface area contributed by atoms with Gasteiger partial charge >= 0.3 is 0 Å². The van der Waals surface area contributed by atoms with E-state index in [1.807, 2.05) is 67.2 Å². The summed E-state index contributed by atoms with van der Waals surface area (Å²) in [5.74, 6) is 0.773. The molecule has 1 aliphatic heterocycles. The Kier molecular flexibility index (Phi) is 4.23. The summed E-state index contributed by atoms with van der Waals surface area (Å²) in [4.78, 5) is 21.6. The molecule has 6 heteroatoms. The molecule has 0 saturated carbocycles. The maximum atomic E-state index is 12.5. The van der Waals surface area contributed by atoms with Crippen molar-refractivity contribution in [3.05, 3.63) is 59.0 Å². The van der Waals surface area contributed by atoms with E-state index in [0.717, 1.165) is 22.7 Å². The molecule has 2 heterocycles. The third kappa shape index (κ3) is 3.15. The van der Waals surface area contributed by atoms with E-state index >= 15 is 0 Å². The minimum atomic E-state index is -0.127. The van der Waals surface area contributed by atoms with E-state index in [1.165, 1.54) is 9.77 Å². The summed E-state index contributed by atoms with van der Waals surface area (Å²) < 4.78 is 0. The van der Waals surface area contributed by atoms with Crippen molar-refractivity contribution in [3.63, 3.8) is 0 Å². The summed E-state index contributed by atoms with van der Waals surface area (Å²) in [6, 6.07) is 15.8. The van der Waals surface area contributed by atoms with Crippen LogP contribution < -0.4 is 10.2 Å². The van der Waals surface area contributed by atoms with Crippen LogP contribution in [0, 0.1) is 0 Å². The van der Waals surface area contributed by atoms with Crippen molar-refractivity contribution in [2.75, 3.05) is 24.3 Å². The molecule has 1 aromatic heterocycles. The van der Waals surface area contributed by atoms with Gasteiger partial charge in [-0.1, -0.05) is 18.2 Å². The first kappa shape index (κ1) is 16.2. The molecule has 3 aromatic rings. The van der Waals surface area contributed by atoms with Gasteiger partial charge in [-0.2, -0.15) is 0 Å². The first-order valence-corrected chi connectivity index (χ1v) is 9.72. The van der Waals surface area contributed by atoms with E-state index in [-0.39, 0.29) is 5.91 Å². The Hall–Kier alpha value is -2.31. The van der Waals surface area contributed by atoms with Crippen molar-refractivity contribution in [2.24, 2.45) is 0 Å². The molecule has 1 aliphatic rings. The van der Waals surface area contributed by atoms with E-state index in [1.54, 1.807) is 11.3 Å². The average Bonchev–Trinajstić information content (AvgIpc) is 3.04. The number of carbonyl (C=O) groups excluding carboxylic acids is 1. The molecule has 0 aliphatic carbocycles. The van der Waals surface area contributed by atoms with Gasteiger partial charge < -0.3 is 4.90 Å². The number of aromatic nitrogens is 1. The number of amides is 1. The molecule has 1 amide bonds. The van der Waals surface area contributed by atoms with Crippen LogP contribution in [-0.2, 0) is 5.75 Å². The number of thioether (sulfide) groups is 1. The number of hydrogen-bond acceptors (Lipinski definition) is 5. The topological polar surface area (TPSA) is 45.2 Å². The second-order valence-corrected chi connectivity index (χ2v) is 8.07. The number of nitrogens with zero attached hydrogens (tertiary/aromatic N) is 2. The van der Waals surface area contributed by atoms with Crippen LogP contribution in [0.2, 0.25) is 0 Å². The third-order valence-corrected chi connectivity index (χ3v) is 6.32. The quantitative estimate of drug-likeness (QED) is 0.727. The SMILES string of the molecule is CN(C)c1ccc(C(=O)Nc2nc3c(s2)CSc2ccccc2-3)cc1. The van der Waals surface area contributed by atoms with Crippen molar-refractivity contribution < 1.29 is 4.79 Å². The molecule has 4 rings (SSSR count). The molecule has 0 bridgehead atoms. The van der Waals surface area contributed by atoms with Gasteiger partial charge in [0, 0.05) is 46.4 Å². The van der Waals surface area contributed by atoms with Crippen LogP contribution in [-0.4, -0.2) is 25.0 Å². The van der Waals surface area contributed by atoms with E-state index in [9.17, 15) is 4.79 Å². The minimum Gasteiger partial charge on any atom is -0.378 e. The maximum absolute atomic E-state index is 12.5. The predicted molar refractivity (Wildman–Crippen MR) is 106 cm³/mol. The van der Waals surface area contributed by atoms with Gasteiger partial charge in [0.2, 0.25) is 0 Å². The lowest BCUT2D eigenvalue weighted by Crippen LogP contribution is -2.13. The monoisotopic (exact) mass is 367 g/mol. The smallest absolute Gasteiger partial charge is 0.257 e. The highest BCUT2D eigenvalue weighted by molar-refractivity contribution is 7.98. The highest BCUT2D eigenvalue weighted by atomic mass is 32.2. The van der Waals surface area contributed by atoms with Crippen molar-refractivity contribution in [3.8, 4) is 11.3 Å². The standard InChI is InChI=1S/C19H17N3OS2/c1-22(2)13-9-7-12(8-10-13)18(23)21-19-20-17-14-5-3-4-6-15(14)24-11-16(17)25-19/h3-10H,11H2,1-2H3,(H,20,21,23). The molecule has 126 valence electrons. The van der Waals surface area contributed by atoms with Gasteiger partial charge in [0.25, 0.3) is 5.91 Å². The van der Waals surface area contributed by atoms with Gasteiger partial charge in [-0.15, -0.1) is 23.1 Å². The summed E-state index contributed by atoms with van der Waals surface area (Å²) in [5, 5.41) is 3.60. The van der Waals surface area contributed by atoms with Gasteiger partial charge in [0.1, 0.15) is 0 Å². The highest BCUT2D eigenvalue weighted by Crippen LogP contribution is 2.44. The normalized spacial score (nSPS) is 12.2. The zero-order valence-corrected chi connectivity index (χ0v) is 15.6. The fraction of sp³-hybridized carbons (Fsp3) is 0.158. The van der Waals surface area contributed by atoms with Gasteiger partial charge in [-0.05, 0) is 30.3 Å². The van der Waals surface area contributed by atoms with E-state index in [4.69, 9.17) is 0 Å². The summed E-state index contributed by atoms with van der Waals surface area (Å²) in [6.45, 7) is 0. The van der Waals surface area contributed by atoms with Crippen molar-refractivity contribution in [2.45, 2.75) is 10.6 Å². The zero-order valence-electron chi connectivity index (χ0n) is 13.9. The summed E-state index contributed by atoms with van der Waals surface area (Å²) >= 11 is 3.38. The maximum Gasteiger partial charge on any atom is 0.257 e. The van der Waals surface area contributed by atoms with Crippen LogP contribution in [0.1, 0.15) is 15.2 Å². The molecular formula is C19H17N3OS2. The second kappa shape index (κ2) is 6.54. The van der Waals surface area contributed by atoms with Crippen LogP contribution in [0.4, 0.5) is 10.8 Å². The van der Waals surface area contributed by atoms with Gasteiger partial charge in [0.15, 0.2) is 5.13 Å². The fourth-order valence-electron chi connectivity index (χ4n) is 2.73. The summed E-state index contributed by atoms with van der Waals surface area (Å²) in [6.07, 6.45) is 0. The molecule has 2 aromatic carbocycles. The average molecular weight is 367 g/mol. The number of nitrogens with one attached hydrogen (secondary N) is 1. The predicted octanol–water partition coefficient (Wildman–Crippen LogP) is 4.73. The molecular weight excluding hydrogens is 350 g/mol. The first-order valence-electron chi connectivity index (χ1n) is 7.92. The van der Waals surface area contributed by atoms with E-state index < -0.39 is 0 Å². The Morgan fingerprint density at radius 1 is 1.12 bits per heavy atom.